The lowest BCUT2D eigenvalue weighted by Gasteiger charge is -2.43. The smallest absolute Gasteiger partial charge is 0.0654 e. The van der Waals surface area contributed by atoms with Crippen LogP contribution in [0.1, 0.15) is 142 Å². The van der Waals surface area contributed by atoms with Crippen LogP contribution in [0.25, 0.3) is 0 Å². The van der Waals surface area contributed by atoms with E-state index < -0.39 is 7.26 Å². The van der Waals surface area contributed by atoms with Gasteiger partial charge in [0.05, 0.1) is 23.6 Å². The van der Waals surface area contributed by atoms with Crippen molar-refractivity contribution < 1.29 is 0 Å². The Kier molecular flexibility index (Phi) is 12.7. The van der Waals surface area contributed by atoms with Crippen molar-refractivity contribution in [1.82, 2.24) is 0 Å². The first-order chi connectivity index (χ1) is 13.3. The fourth-order valence-corrected chi connectivity index (χ4v) is 12.7. The maximum absolute atomic E-state index is 2.60. The van der Waals surface area contributed by atoms with Crippen LogP contribution >= 0.6 is 7.26 Å². The molecule has 160 valence electrons. The Bertz CT molecular complexity index is 320. The molecule has 2 saturated carbocycles. The number of hydrogen-bond donors (Lipinski definition) is 0. The zero-order valence-corrected chi connectivity index (χ0v) is 20.1. The first kappa shape index (κ1) is 23.7. The lowest BCUT2D eigenvalue weighted by molar-refractivity contribution is 0.476. The standard InChI is InChI=1S/C26H52P/c1-3-5-6-7-8-9-10-11-12-19-24-27(4-2,25-20-15-13-16-21-25)26-22-17-14-18-23-26/h25-26H,3-24H2,1-2H3/q+1. The molecular formula is C26H52P+. The van der Waals surface area contributed by atoms with Crippen molar-refractivity contribution in [3.63, 3.8) is 0 Å². The molecule has 27 heavy (non-hydrogen) atoms. The summed E-state index contributed by atoms with van der Waals surface area (Å²) < 4.78 is 0. The van der Waals surface area contributed by atoms with Crippen LogP contribution in [0.4, 0.5) is 0 Å². The van der Waals surface area contributed by atoms with E-state index in [-0.39, 0.29) is 0 Å². The molecule has 0 N–H and O–H groups in total. The number of rotatable bonds is 14. The SMILES string of the molecule is CCCCCCCCCCCC[P+](CC)(C1CCCCC1)C1CCCCC1. The van der Waals surface area contributed by atoms with Gasteiger partial charge in [0.2, 0.25) is 0 Å². The van der Waals surface area contributed by atoms with Gasteiger partial charge in [-0.1, -0.05) is 71.1 Å². The Morgan fingerprint density at radius 3 is 1.33 bits per heavy atom. The third-order valence-corrected chi connectivity index (χ3v) is 14.4. The summed E-state index contributed by atoms with van der Waals surface area (Å²) in [4.78, 5) is 0. The molecule has 0 bridgehead atoms. The molecule has 0 aromatic rings. The van der Waals surface area contributed by atoms with Gasteiger partial charge >= 0.3 is 0 Å². The van der Waals surface area contributed by atoms with E-state index in [9.17, 15) is 0 Å². The van der Waals surface area contributed by atoms with Crippen molar-refractivity contribution in [3.05, 3.63) is 0 Å². The average molecular weight is 396 g/mol. The van der Waals surface area contributed by atoms with Crippen molar-refractivity contribution in [2.45, 2.75) is 154 Å². The molecule has 0 aliphatic heterocycles. The predicted molar refractivity (Wildman–Crippen MR) is 128 cm³/mol. The van der Waals surface area contributed by atoms with Gasteiger partial charge < -0.3 is 0 Å². The Labute approximate surface area is 173 Å². The molecule has 0 radical (unpaired) electrons. The molecule has 0 nitrogen and oxygen atoms in total. The minimum atomic E-state index is -0.702. The second-order valence-electron chi connectivity index (χ2n) is 9.91. The van der Waals surface area contributed by atoms with E-state index in [2.05, 4.69) is 13.8 Å². The third kappa shape index (κ3) is 7.99. The minimum absolute atomic E-state index is 0.702. The minimum Gasteiger partial charge on any atom is -0.0654 e. The zero-order valence-electron chi connectivity index (χ0n) is 19.2. The summed E-state index contributed by atoms with van der Waals surface area (Å²) in [6.45, 7) is 4.92. The molecule has 0 aromatic heterocycles. The Morgan fingerprint density at radius 2 is 0.926 bits per heavy atom. The van der Waals surface area contributed by atoms with E-state index in [0.29, 0.717) is 0 Å². The quantitative estimate of drug-likeness (QED) is 0.203. The average Bonchev–Trinajstić information content (AvgIpc) is 2.74. The summed E-state index contributed by atoms with van der Waals surface area (Å²) in [6.07, 6.45) is 33.9. The molecule has 0 unspecified atom stereocenters. The van der Waals surface area contributed by atoms with Crippen molar-refractivity contribution in [2.24, 2.45) is 0 Å². The molecule has 0 spiro atoms. The molecule has 1 heteroatoms. The van der Waals surface area contributed by atoms with Gasteiger partial charge in [-0.2, -0.15) is 0 Å². The summed E-state index contributed by atoms with van der Waals surface area (Å²) in [7, 11) is -0.702. The molecule has 2 rings (SSSR count). The Hall–Kier alpha value is 0.430. The molecule has 0 atom stereocenters. The van der Waals surface area contributed by atoms with Gasteiger partial charge in [0.25, 0.3) is 0 Å². The molecule has 0 amide bonds. The third-order valence-electron chi connectivity index (χ3n) is 8.12. The molecule has 2 aliphatic carbocycles. The van der Waals surface area contributed by atoms with Gasteiger partial charge in [0, 0.05) is 7.26 Å². The summed E-state index contributed by atoms with van der Waals surface area (Å²) in [5.41, 5.74) is 2.36. The van der Waals surface area contributed by atoms with E-state index in [1.54, 1.807) is 70.1 Å². The molecule has 2 aliphatic rings. The van der Waals surface area contributed by atoms with Crippen LogP contribution in [-0.2, 0) is 0 Å². The van der Waals surface area contributed by atoms with Crippen LogP contribution in [-0.4, -0.2) is 23.6 Å². The first-order valence-electron chi connectivity index (χ1n) is 13.2. The highest BCUT2D eigenvalue weighted by Crippen LogP contribution is 2.72. The lowest BCUT2D eigenvalue weighted by Crippen LogP contribution is -2.31. The highest BCUT2D eigenvalue weighted by molar-refractivity contribution is 7.77. The maximum Gasteiger partial charge on any atom is 0.0700 e. The zero-order chi connectivity index (χ0) is 19.2. The van der Waals surface area contributed by atoms with Crippen LogP contribution in [0.15, 0.2) is 0 Å². The highest BCUT2D eigenvalue weighted by atomic mass is 31.2. The fraction of sp³-hybridized carbons (Fsp3) is 1.00. The van der Waals surface area contributed by atoms with Crippen LogP contribution in [0, 0.1) is 0 Å². The Balaban J connectivity index is 1.73. The second-order valence-corrected chi connectivity index (χ2v) is 14.7. The maximum atomic E-state index is 2.60. The van der Waals surface area contributed by atoms with Crippen molar-refractivity contribution in [1.29, 1.82) is 0 Å². The van der Waals surface area contributed by atoms with Crippen LogP contribution in [0.3, 0.4) is 0 Å². The predicted octanol–water partition coefficient (Wildman–Crippen LogP) is 9.61. The van der Waals surface area contributed by atoms with Gasteiger partial charge in [0.15, 0.2) is 0 Å². The van der Waals surface area contributed by atoms with Gasteiger partial charge in [-0.25, -0.2) is 0 Å². The number of hydrogen-bond acceptors (Lipinski definition) is 0. The van der Waals surface area contributed by atoms with Gasteiger partial charge in [-0.15, -0.1) is 0 Å². The molecule has 0 saturated heterocycles. The Morgan fingerprint density at radius 1 is 0.519 bits per heavy atom. The summed E-state index contributed by atoms with van der Waals surface area (Å²) >= 11 is 0. The second kappa shape index (κ2) is 14.4. The molecular weight excluding hydrogens is 343 g/mol. The van der Waals surface area contributed by atoms with E-state index in [1.165, 1.54) is 81.9 Å². The van der Waals surface area contributed by atoms with Gasteiger partial charge in [-0.3, -0.25) is 0 Å². The summed E-state index contributed by atoms with van der Waals surface area (Å²) in [6, 6.07) is 0. The lowest BCUT2D eigenvalue weighted by atomic mass is 9.99. The van der Waals surface area contributed by atoms with E-state index in [4.69, 9.17) is 0 Å². The van der Waals surface area contributed by atoms with Crippen LogP contribution in [0.2, 0.25) is 0 Å². The van der Waals surface area contributed by atoms with Crippen molar-refractivity contribution in [3.8, 4) is 0 Å². The van der Waals surface area contributed by atoms with Gasteiger partial charge in [-0.05, 0) is 71.1 Å². The first-order valence-corrected chi connectivity index (χ1v) is 15.5. The largest absolute Gasteiger partial charge is 0.0700 e. The molecule has 0 heterocycles. The molecule has 0 aromatic carbocycles. The monoisotopic (exact) mass is 395 g/mol. The summed E-state index contributed by atoms with van der Waals surface area (Å²) in [5.74, 6) is 0. The van der Waals surface area contributed by atoms with Crippen molar-refractivity contribution in [2.75, 3.05) is 12.3 Å². The fourth-order valence-electron chi connectivity index (χ4n) is 6.42. The van der Waals surface area contributed by atoms with Crippen LogP contribution < -0.4 is 0 Å². The topological polar surface area (TPSA) is 0 Å². The number of unbranched alkanes of at least 4 members (excludes halogenated alkanes) is 9. The summed E-state index contributed by atoms with van der Waals surface area (Å²) in [5, 5.41) is 0. The van der Waals surface area contributed by atoms with Crippen LogP contribution in [0.5, 0.6) is 0 Å². The van der Waals surface area contributed by atoms with E-state index >= 15 is 0 Å². The molecule has 2 fully saturated rings. The normalized spacial score (nSPS) is 20.2. The van der Waals surface area contributed by atoms with E-state index in [1.807, 2.05) is 0 Å². The van der Waals surface area contributed by atoms with Gasteiger partial charge in [0.1, 0.15) is 0 Å². The van der Waals surface area contributed by atoms with E-state index in [0.717, 1.165) is 0 Å². The van der Waals surface area contributed by atoms with Crippen molar-refractivity contribution >= 4 is 7.26 Å². The highest BCUT2D eigenvalue weighted by Gasteiger charge is 2.49.